The summed E-state index contributed by atoms with van der Waals surface area (Å²) < 4.78 is 19.1. The Balaban J connectivity index is 1.33. The number of H-pyrrole nitrogens is 1. The van der Waals surface area contributed by atoms with Crippen molar-refractivity contribution in [3.05, 3.63) is 70.2 Å². The summed E-state index contributed by atoms with van der Waals surface area (Å²) in [6.45, 7) is 1.84. The van der Waals surface area contributed by atoms with Gasteiger partial charge in [0.1, 0.15) is 17.0 Å². The van der Waals surface area contributed by atoms with E-state index in [-0.39, 0.29) is 15.8 Å². The number of carbonyl (C=O) groups excluding carboxylic acids is 2. The number of nitrogens with one attached hydrogen (secondary N) is 3. The first-order valence-corrected chi connectivity index (χ1v) is 11.4. The van der Waals surface area contributed by atoms with Gasteiger partial charge in [-0.2, -0.15) is 5.10 Å². The zero-order valence-electron chi connectivity index (χ0n) is 18.3. The van der Waals surface area contributed by atoms with Gasteiger partial charge in [0.05, 0.1) is 15.4 Å². The number of aromatic amines is 1. The van der Waals surface area contributed by atoms with Gasteiger partial charge in [0.2, 0.25) is 11.8 Å². The summed E-state index contributed by atoms with van der Waals surface area (Å²) in [5.41, 5.74) is 0.764. The van der Waals surface area contributed by atoms with Crippen LogP contribution in [0.5, 0.6) is 11.5 Å². The molecule has 1 aliphatic carbocycles. The quantitative estimate of drug-likeness (QED) is 0.279. The number of amides is 2. The normalized spacial score (nSPS) is 13.9. The minimum atomic E-state index is -1.22. The Labute approximate surface area is 208 Å². The van der Waals surface area contributed by atoms with Crippen LogP contribution in [-0.4, -0.2) is 27.0 Å². The smallest absolute Gasteiger partial charge is 0.240 e. The van der Waals surface area contributed by atoms with Gasteiger partial charge in [-0.15, -0.1) is 0 Å². The lowest BCUT2D eigenvalue weighted by atomic mass is 10.0. The molecule has 0 unspecified atom stereocenters. The van der Waals surface area contributed by atoms with E-state index in [0.29, 0.717) is 41.0 Å². The number of anilines is 2. The van der Waals surface area contributed by atoms with Crippen LogP contribution >= 0.6 is 23.2 Å². The Hall–Kier alpha value is -3.69. The highest BCUT2D eigenvalue weighted by molar-refractivity contribution is 6.37. The second-order valence-corrected chi connectivity index (χ2v) is 9.04. The first kappa shape index (κ1) is 23.1. The van der Waals surface area contributed by atoms with Crippen molar-refractivity contribution in [2.75, 3.05) is 10.6 Å². The number of aryl methyl sites for hydroxylation is 1. The van der Waals surface area contributed by atoms with Crippen molar-refractivity contribution in [3.63, 3.8) is 0 Å². The minimum Gasteiger partial charge on any atom is -0.453 e. The molecule has 11 heteroatoms. The highest BCUT2D eigenvalue weighted by Crippen LogP contribution is 2.48. The molecule has 5 rings (SSSR count). The van der Waals surface area contributed by atoms with Crippen molar-refractivity contribution in [2.45, 2.75) is 19.8 Å². The van der Waals surface area contributed by atoms with Crippen molar-refractivity contribution in [1.82, 2.24) is 15.2 Å². The molecule has 2 heterocycles. The van der Waals surface area contributed by atoms with Gasteiger partial charge in [0, 0.05) is 23.3 Å². The van der Waals surface area contributed by atoms with E-state index in [1.807, 2.05) is 6.92 Å². The number of fused-ring (bicyclic) bond motifs is 1. The summed E-state index contributed by atoms with van der Waals surface area (Å²) in [4.78, 5) is 29.9. The largest absolute Gasteiger partial charge is 0.453 e. The summed E-state index contributed by atoms with van der Waals surface area (Å²) in [6.07, 6.45) is 2.33. The predicted molar refractivity (Wildman–Crippen MR) is 130 cm³/mol. The van der Waals surface area contributed by atoms with E-state index < -0.39 is 23.0 Å². The zero-order valence-corrected chi connectivity index (χ0v) is 19.8. The lowest BCUT2D eigenvalue weighted by molar-refractivity contribution is -0.131. The molecule has 3 N–H and O–H groups in total. The molecule has 2 aromatic carbocycles. The number of aromatic nitrogens is 3. The Morgan fingerprint density at radius 1 is 1.03 bits per heavy atom. The van der Waals surface area contributed by atoms with Crippen molar-refractivity contribution in [2.24, 2.45) is 5.41 Å². The molecule has 0 aliphatic heterocycles. The van der Waals surface area contributed by atoms with Crippen LogP contribution in [0.25, 0.3) is 11.0 Å². The fraction of sp³-hybridized carbons (Fsp3) is 0.167. The van der Waals surface area contributed by atoms with Gasteiger partial charge in [0.15, 0.2) is 11.4 Å². The molecule has 0 spiro atoms. The van der Waals surface area contributed by atoms with Crippen molar-refractivity contribution in [3.8, 4) is 11.5 Å². The first-order valence-electron chi connectivity index (χ1n) is 10.6. The van der Waals surface area contributed by atoms with E-state index in [4.69, 9.17) is 27.9 Å². The third-order valence-electron chi connectivity index (χ3n) is 5.79. The fourth-order valence-electron chi connectivity index (χ4n) is 3.71. The topological polar surface area (TPSA) is 109 Å². The molecule has 178 valence electrons. The fourth-order valence-corrected chi connectivity index (χ4v) is 4.27. The molecule has 35 heavy (non-hydrogen) atoms. The number of hydrogen-bond acceptors (Lipinski definition) is 5. The van der Waals surface area contributed by atoms with Gasteiger partial charge in [-0.25, -0.2) is 9.37 Å². The van der Waals surface area contributed by atoms with E-state index >= 15 is 0 Å². The number of rotatable bonds is 6. The molecule has 1 aliphatic rings. The monoisotopic (exact) mass is 513 g/mol. The molecule has 1 fully saturated rings. The number of hydrogen-bond donors (Lipinski definition) is 3. The Morgan fingerprint density at radius 3 is 2.29 bits per heavy atom. The van der Waals surface area contributed by atoms with Gasteiger partial charge in [-0.1, -0.05) is 23.2 Å². The Kier molecular flexibility index (Phi) is 5.82. The first-order chi connectivity index (χ1) is 16.8. The van der Waals surface area contributed by atoms with Gasteiger partial charge in [-0.3, -0.25) is 14.7 Å². The Morgan fingerprint density at radius 2 is 1.66 bits per heavy atom. The van der Waals surface area contributed by atoms with Crippen LogP contribution in [0.4, 0.5) is 15.8 Å². The van der Waals surface area contributed by atoms with E-state index in [0.717, 1.165) is 5.69 Å². The van der Waals surface area contributed by atoms with Gasteiger partial charge < -0.3 is 15.4 Å². The zero-order chi connectivity index (χ0) is 24.7. The van der Waals surface area contributed by atoms with Gasteiger partial charge in [0.25, 0.3) is 0 Å². The highest BCUT2D eigenvalue weighted by atomic mass is 35.5. The van der Waals surface area contributed by atoms with Gasteiger partial charge >= 0.3 is 0 Å². The molecule has 0 bridgehead atoms. The average molecular weight is 514 g/mol. The van der Waals surface area contributed by atoms with Crippen LogP contribution in [0.15, 0.2) is 48.7 Å². The number of pyridine rings is 1. The number of nitrogens with zero attached hydrogens (tertiary/aromatic N) is 2. The second-order valence-electron chi connectivity index (χ2n) is 8.22. The van der Waals surface area contributed by atoms with Crippen LogP contribution < -0.4 is 15.4 Å². The highest BCUT2D eigenvalue weighted by Gasteiger charge is 2.56. The van der Waals surface area contributed by atoms with E-state index in [1.54, 1.807) is 12.3 Å². The molecule has 2 aromatic heterocycles. The maximum atomic E-state index is 13.1. The predicted octanol–water partition coefficient (Wildman–Crippen LogP) is 5.86. The molecule has 0 radical (unpaired) electrons. The number of benzene rings is 2. The minimum absolute atomic E-state index is 0.166. The van der Waals surface area contributed by atoms with Crippen molar-refractivity contribution in [1.29, 1.82) is 0 Å². The van der Waals surface area contributed by atoms with Crippen LogP contribution in [-0.2, 0) is 9.59 Å². The molecule has 8 nitrogen and oxygen atoms in total. The molecular formula is C24H18Cl2FN5O3. The molecule has 4 aromatic rings. The molecule has 2 amide bonds. The molecule has 1 saturated carbocycles. The summed E-state index contributed by atoms with van der Waals surface area (Å²) in [5, 5.41) is 13.4. The van der Waals surface area contributed by atoms with E-state index in [1.165, 1.54) is 36.4 Å². The van der Waals surface area contributed by atoms with Crippen molar-refractivity contribution >= 4 is 57.4 Å². The summed E-state index contributed by atoms with van der Waals surface area (Å²) in [7, 11) is 0. The average Bonchev–Trinajstić information content (AvgIpc) is 3.56. The SMILES string of the molecule is Cc1[nH]nc2nccc(Oc3c(Cl)cc(NC(=O)C4(C(=O)Nc5ccc(F)cc5)CC4)cc3Cl)c12. The maximum absolute atomic E-state index is 13.1. The Bertz CT molecular complexity index is 1450. The summed E-state index contributed by atoms with van der Waals surface area (Å²) in [6, 6.07) is 9.98. The maximum Gasteiger partial charge on any atom is 0.240 e. The summed E-state index contributed by atoms with van der Waals surface area (Å²) >= 11 is 12.9. The molecule has 0 atom stereocenters. The standard InChI is InChI=1S/C24H18Cl2FN5O3/c1-12-19-18(6-9-28-21(19)32-31-12)35-20-16(25)10-15(11-17(20)26)30-23(34)24(7-8-24)22(33)29-14-4-2-13(27)3-5-14/h2-6,9-11H,7-8H2,1H3,(H,29,33)(H,30,34)(H,28,31,32). The third kappa shape index (κ3) is 4.40. The van der Waals surface area contributed by atoms with Gasteiger partial charge in [-0.05, 0) is 62.2 Å². The lowest BCUT2D eigenvalue weighted by Gasteiger charge is -2.17. The number of carbonyl (C=O) groups is 2. The number of ether oxygens (including phenoxy) is 1. The van der Waals surface area contributed by atoms with Crippen LogP contribution in [0.2, 0.25) is 10.0 Å². The van der Waals surface area contributed by atoms with Crippen LogP contribution in [0, 0.1) is 18.2 Å². The lowest BCUT2D eigenvalue weighted by Crippen LogP contribution is -2.35. The van der Waals surface area contributed by atoms with E-state index in [9.17, 15) is 14.0 Å². The second kappa shape index (κ2) is 8.83. The van der Waals surface area contributed by atoms with Crippen molar-refractivity contribution < 1.29 is 18.7 Å². The molecule has 0 saturated heterocycles. The number of halogens is 3. The van der Waals surface area contributed by atoms with Crippen LogP contribution in [0.3, 0.4) is 0 Å². The van der Waals surface area contributed by atoms with Crippen LogP contribution in [0.1, 0.15) is 18.5 Å². The molecular weight excluding hydrogens is 496 g/mol. The summed E-state index contributed by atoms with van der Waals surface area (Å²) in [5.74, 6) is -0.694. The third-order valence-corrected chi connectivity index (χ3v) is 6.35. The van der Waals surface area contributed by atoms with E-state index in [2.05, 4.69) is 25.8 Å².